The van der Waals surface area contributed by atoms with E-state index in [1.165, 1.54) is 11.2 Å². The fourth-order valence-corrected chi connectivity index (χ4v) is 3.41. The van der Waals surface area contributed by atoms with Crippen LogP contribution in [0.15, 0.2) is 34.9 Å². The van der Waals surface area contributed by atoms with Gasteiger partial charge in [0, 0.05) is 18.6 Å². The molecule has 0 aliphatic heterocycles. The molecule has 110 valence electrons. The van der Waals surface area contributed by atoms with Crippen LogP contribution in [0.5, 0.6) is 5.75 Å². The Balaban J connectivity index is 2.05. The summed E-state index contributed by atoms with van der Waals surface area (Å²) in [7, 11) is 3.70. The van der Waals surface area contributed by atoms with Crippen LogP contribution in [-0.2, 0) is 20.0 Å². The van der Waals surface area contributed by atoms with Crippen molar-refractivity contribution in [2.45, 2.75) is 19.9 Å². The van der Waals surface area contributed by atoms with Crippen LogP contribution in [0.3, 0.4) is 0 Å². The van der Waals surface area contributed by atoms with E-state index >= 15 is 0 Å². The van der Waals surface area contributed by atoms with Gasteiger partial charge in [0.25, 0.3) is 0 Å². The van der Waals surface area contributed by atoms with Crippen molar-refractivity contribution in [3.8, 4) is 5.75 Å². The van der Waals surface area contributed by atoms with Gasteiger partial charge in [-0.15, -0.1) is 0 Å². The minimum absolute atomic E-state index is 0.779. The van der Waals surface area contributed by atoms with E-state index < -0.39 is 0 Å². The Kier molecular flexibility index (Phi) is 3.76. The van der Waals surface area contributed by atoms with E-state index in [9.17, 15) is 0 Å². The molecular weight excluding hydrogens is 330 g/mol. The third-order valence-corrected chi connectivity index (χ3v) is 4.73. The van der Waals surface area contributed by atoms with Crippen LogP contribution in [0, 0.1) is 0 Å². The second-order valence-electron chi connectivity index (χ2n) is 5.02. The highest BCUT2D eigenvalue weighted by Crippen LogP contribution is 2.28. The summed E-state index contributed by atoms with van der Waals surface area (Å²) in [5, 5.41) is 5.69. The maximum atomic E-state index is 5.42. The molecular formula is C16H18BrN3O. The van der Waals surface area contributed by atoms with Crippen molar-refractivity contribution in [3.63, 3.8) is 0 Å². The second-order valence-corrected chi connectivity index (χ2v) is 5.81. The third kappa shape index (κ3) is 2.35. The minimum atomic E-state index is 0.779. The topological polar surface area (TPSA) is 32.0 Å². The minimum Gasteiger partial charge on any atom is -0.496 e. The van der Waals surface area contributed by atoms with Crippen molar-refractivity contribution in [2.24, 2.45) is 7.05 Å². The highest BCUT2D eigenvalue weighted by Gasteiger charge is 2.14. The molecule has 0 unspecified atom stereocenters. The van der Waals surface area contributed by atoms with Gasteiger partial charge in [0.2, 0.25) is 0 Å². The van der Waals surface area contributed by atoms with Gasteiger partial charge in [-0.25, -0.2) is 0 Å². The van der Waals surface area contributed by atoms with Crippen molar-refractivity contribution < 1.29 is 4.74 Å². The van der Waals surface area contributed by atoms with Gasteiger partial charge < -0.3 is 9.30 Å². The maximum absolute atomic E-state index is 5.42. The first-order valence-electron chi connectivity index (χ1n) is 6.97. The fourth-order valence-electron chi connectivity index (χ4n) is 2.66. The van der Waals surface area contributed by atoms with E-state index in [-0.39, 0.29) is 0 Å². The fraction of sp³-hybridized carbons (Fsp3) is 0.312. The molecule has 0 fully saturated rings. The third-order valence-electron chi connectivity index (χ3n) is 3.82. The van der Waals surface area contributed by atoms with E-state index in [0.29, 0.717) is 0 Å². The van der Waals surface area contributed by atoms with Gasteiger partial charge in [-0.2, -0.15) is 5.10 Å². The van der Waals surface area contributed by atoms with Crippen LogP contribution in [-0.4, -0.2) is 21.5 Å². The second kappa shape index (κ2) is 5.56. The number of rotatable bonds is 4. The van der Waals surface area contributed by atoms with Crippen molar-refractivity contribution >= 4 is 26.8 Å². The van der Waals surface area contributed by atoms with Gasteiger partial charge in [0.15, 0.2) is 0 Å². The van der Waals surface area contributed by atoms with Gasteiger partial charge in [-0.05, 0) is 40.5 Å². The largest absolute Gasteiger partial charge is 0.496 e. The predicted octanol–water partition coefficient (Wildman–Crippen LogP) is 3.76. The van der Waals surface area contributed by atoms with Crippen molar-refractivity contribution in [2.75, 3.05) is 7.11 Å². The van der Waals surface area contributed by atoms with Gasteiger partial charge in [0.1, 0.15) is 5.75 Å². The first-order chi connectivity index (χ1) is 10.2. The SMILES string of the molecule is CCc1nn(C)c(Cn2ccc3c(OC)cccc32)c1Br. The molecule has 21 heavy (non-hydrogen) atoms. The molecule has 3 aromatic rings. The summed E-state index contributed by atoms with van der Waals surface area (Å²) in [6.45, 7) is 2.90. The molecule has 5 heteroatoms. The lowest BCUT2D eigenvalue weighted by Gasteiger charge is -2.08. The zero-order valence-electron chi connectivity index (χ0n) is 12.4. The van der Waals surface area contributed by atoms with E-state index in [0.717, 1.165) is 34.3 Å². The highest BCUT2D eigenvalue weighted by molar-refractivity contribution is 9.10. The Hall–Kier alpha value is -1.75. The predicted molar refractivity (Wildman–Crippen MR) is 87.9 cm³/mol. The van der Waals surface area contributed by atoms with Crippen molar-refractivity contribution in [1.29, 1.82) is 0 Å². The normalized spacial score (nSPS) is 11.2. The molecule has 2 aromatic heterocycles. The van der Waals surface area contributed by atoms with Gasteiger partial charge in [0.05, 0.1) is 35.0 Å². The van der Waals surface area contributed by atoms with E-state index in [4.69, 9.17) is 4.74 Å². The van der Waals surface area contributed by atoms with E-state index in [1.54, 1.807) is 7.11 Å². The van der Waals surface area contributed by atoms with Crippen LogP contribution in [0.2, 0.25) is 0 Å². The van der Waals surface area contributed by atoms with Gasteiger partial charge >= 0.3 is 0 Å². The van der Waals surface area contributed by atoms with Gasteiger partial charge in [-0.3, -0.25) is 4.68 Å². The van der Waals surface area contributed by atoms with Crippen LogP contribution in [0.1, 0.15) is 18.3 Å². The molecule has 0 N–H and O–H groups in total. The highest BCUT2D eigenvalue weighted by atomic mass is 79.9. The lowest BCUT2D eigenvalue weighted by atomic mass is 10.2. The number of nitrogens with zero attached hydrogens (tertiary/aromatic N) is 3. The van der Waals surface area contributed by atoms with Crippen molar-refractivity contribution in [3.05, 3.63) is 46.3 Å². The number of ether oxygens (including phenoxy) is 1. The van der Waals surface area contributed by atoms with E-state index in [1.807, 2.05) is 23.9 Å². The molecule has 0 atom stereocenters. The summed E-state index contributed by atoms with van der Waals surface area (Å²) in [4.78, 5) is 0. The number of halogens is 1. The van der Waals surface area contributed by atoms with Crippen LogP contribution >= 0.6 is 15.9 Å². The molecule has 4 nitrogen and oxygen atoms in total. The molecule has 3 rings (SSSR count). The van der Waals surface area contributed by atoms with Gasteiger partial charge in [-0.1, -0.05) is 13.0 Å². The standard InChI is InChI=1S/C16H18BrN3O/c1-4-12-16(17)14(19(2)18-12)10-20-9-8-11-13(20)6-5-7-15(11)21-3/h5-9H,4,10H2,1-3H3. The van der Waals surface area contributed by atoms with Crippen LogP contribution in [0.25, 0.3) is 10.9 Å². The zero-order chi connectivity index (χ0) is 15.0. The Morgan fingerprint density at radius 2 is 2.10 bits per heavy atom. The average molecular weight is 348 g/mol. The Morgan fingerprint density at radius 3 is 2.76 bits per heavy atom. The molecule has 0 saturated heterocycles. The molecule has 0 aliphatic carbocycles. The number of benzene rings is 1. The smallest absolute Gasteiger partial charge is 0.128 e. The number of methoxy groups -OCH3 is 1. The molecule has 0 spiro atoms. The van der Waals surface area contributed by atoms with Crippen LogP contribution in [0.4, 0.5) is 0 Å². The molecule has 0 bridgehead atoms. The average Bonchev–Trinajstić information content (AvgIpc) is 3.03. The number of aromatic nitrogens is 3. The summed E-state index contributed by atoms with van der Waals surface area (Å²) in [6, 6.07) is 8.22. The number of hydrogen-bond acceptors (Lipinski definition) is 2. The molecule has 0 radical (unpaired) electrons. The molecule has 0 amide bonds. The summed E-state index contributed by atoms with van der Waals surface area (Å²) >= 11 is 3.68. The Bertz CT molecular complexity index is 788. The Labute approximate surface area is 132 Å². The molecule has 0 aliphatic rings. The lowest BCUT2D eigenvalue weighted by Crippen LogP contribution is -2.05. The monoisotopic (exact) mass is 347 g/mol. The van der Waals surface area contributed by atoms with E-state index in [2.05, 4.69) is 50.8 Å². The first-order valence-corrected chi connectivity index (χ1v) is 7.77. The van der Waals surface area contributed by atoms with Crippen LogP contribution < -0.4 is 4.74 Å². The number of aryl methyl sites for hydroxylation is 2. The lowest BCUT2D eigenvalue weighted by molar-refractivity contribution is 0.420. The molecule has 1 aromatic carbocycles. The number of hydrogen-bond donors (Lipinski definition) is 0. The zero-order valence-corrected chi connectivity index (χ0v) is 14.0. The summed E-state index contributed by atoms with van der Waals surface area (Å²) in [5.41, 5.74) is 3.44. The maximum Gasteiger partial charge on any atom is 0.128 e. The molecule has 0 saturated carbocycles. The summed E-state index contributed by atoms with van der Waals surface area (Å²) in [6.07, 6.45) is 3.02. The summed E-state index contributed by atoms with van der Waals surface area (Å²) < 4.78 is 10.7. The Morgan fingerprint density at radius 1 is 1.29 bits per heavy atom. The molecule has 2 heterocycles. The first kappa shape index (κ1) is 14.2. The van der Waals surface area contributed by atoms with Crippen molar-refractivity contribution in [1.82, 2.24) is 14.3 Å². The quantitative estimate of drug-likeness (QED) is 0.719. The number of fused-ring (bicyclic) bond motifs is 1. The summed E-state index contributed by atoms with van der Waals surface area (Å²) in [5.74, 6) is 0.907.